The van der Waals surface area contributed by atoms with Gasteiger partial charge in [0.2, 0.25) is 0 Å². The summed E-state index contributed by atoms with van der Waals surface area (Å²) in [4.78, 5) is 6.90. The van der Waals surface area contributed by atoms with Crippen molar-refractivity contribution in [1.29, 1.82) is 0 Å². The molecule has 0 saturated heterocycles. The Kier molecular flexibility index (Phi) is 8.38. The van der Waals surface area contributed by atoms with Crippen molar-refractivity contribution in [3.63, 3.8) is 0 Å². The Morgan fingerprint density at radius 1 is 0.769 bits per heavy atom. The molecule has 13 rings (SSSR count). The van der Waals surface area contributed by atoms with Gasteiger partial charge in [0.1, 0.15) is 0 Å². The average Bonchev–Trinajstić information content (AvgIpc) is 3.93. The topological polar surface area (TPSA) is 11.4 Å². The largest absolute Gasteiger partial charge is 0.337 e. The van der Waals surface area contributed by atoms with E-state index in [0.717, 1.165) is 12.8 Å². The second kappa shape index (κ2) is 13.8. The van der Waals surface area contributed by atoms with Gasteiger partial charge in [-0.3, -0.25) is 0 Å². The smallest absolute Gasteiger partial charge is 0.252 e. The number of anilines is 4. The molecular formula is C60H56BN3S. The van der Waals surface area contributed by atoms with E-state index in [1.807, 2.05) is 0 Å². The van der Waals surface area contributed by atoms with Crippen LogP contribution in [0.3, 0.4) is 0 Å². The van der Waals surface area contributed by atoms with Crippen molar-refractivity contribution >= 4 is 74.1 Å². The van der Waals surface area contributed by atoms with E-state index >= 15 is 0 Å². The molecule has 6 aromatic carbocycles. The van der Waals surface area contributed by atoms with Crippen LogP contribution >= 0.6 is 11.8 Å². The van der Waals surface area contributed by atoms with Gasteiger partial charge in [0.05, 0.1) is 17.0 Å². The van der Waals surface area contributed by atoms with Crippen LogP contribution in [0.4, 0.5) is 22.7 Å². The van der Waals surface area contributed by atoms with E-state index in [1.54, 1.807) is 0 Å². The lowest BCUT2D eigenvalue weighted by atomic mass is 9.33. The second-order valence-electron chi connectivity index (χ2n) is 21.4. The van der Waals surface area contributed by atoms with Crippen molar-refractivity contribution in [2.75, 3.05) is 9.80 Å². The maximum atomic E-state index is 2.80. The summed E-state index contributed by atoms with van der Waals surface area (Å²) >= 11 is 2.07. The van der Waals surface area contributed by atoms with Crippen molar-refractivity contribution in [2.24, 2.45) is 5.92 Å². The first-order chi connectivity index (χ1) is 31.4. The number of nitrogens with zero attached hydrogens (tertiary/aromatic N) is 3. The van der Waals surface area contributed by atoms with Crippen molar-refractivity contribution < 1.29 is 0 Å². The number of hydrogen-bond donors (Lipinski definition) is 0. The Bertz CT molecular complexity index is 3300. The molecule has 0 N–H and O–H groups in total. The first-order valence-corrected chi connectivity index (χ1v) is 24.8. The minimum absolute atomic E-state index is 0.0813. The number of aryl methyl sites for hydroxylation is 2. The Labute approximate surface area is 389 Å². The van der Waals surface area contributed by atoms with Gasteiger partial charge in [0.15, 0.2) is 0 Å². The number of benzene rings is 6. The Morgan fingerprint density at radius 2 is 1.57 bits per heavy atom. The molecule has 6 aliphatic rings. The van der Waals surface area contributed by atoms with Crippen LogP contribution in [0.2, 0.25) is 0 Å². The molecule has 320 valence electrons. The van der Waals surface area contributed by atoms with Crippen LogP contribution in [0.25, 0.3) is 33.4 Å². The molecule has 7 aromatic rings. The van der Waals surface area contributed by atoms with Crippen LogP contribution in [-0.2, 0) is 10.8 Å². The number of para-hydroxylation sites is 2. The van der Waals surface area contributed by atoms with E-state index in [2.05, 4.69) is 227 Å². The summed E-state index contributed by atoms with van der Waals surface area (Å²) in [6, 6.07) is 45.7. The summed E-state index contributed by atoms with van der Waals surface area (Å²) in [6.07, 6.45) is 14.2. The van der Waals surface area contributed by atoms with Crippen molar-refractivity contribution in [1.82, 2.24) is 4.57 Å². The number of hydrogen-bond acceptors (Lipinski definition) is 3. The normalized spacial score (nSPS) is 21.4. The lowest BCUT2D eigenvalue weighted by Crippen LogP contribution is -2.62. The van der Waals surface area contributed by atoms with Gasteiger partial charge < -0.3 is 14.4 Å². The van der Waals surface area contributed by atoms with Crippen LogP contribution in [0, 0.1) is 19.8 Å². The molecular weight excluding hydrogens is 806 g/mol. The SMILES string of the molecule is Cc1cc2c3c(c1)-n1c4c(c5cccc(c51)B3c1ccc(N(c3ccccc3C)C3CC=CCC3C)cc1N2C1C=CC=C2c3ccc(C(C)(C)C)cc3SC21)C(C)(C)c1ccccc1-4. The zero-order valence-corrected chi connectivity index (χ0v) is 39.7. The molecule has 0 bridgehead atoms. The third kappa shape index (κ3) is 5.45. The summed E-state index contributed by atoms with van der Waals surface area (Å²) in [5, 5.41) is 1.62. The lowest BCUT2D eigenvalue weighted by molar-refractivity contribution is 0.439. The zero-order valence-electron chi connectivity index (χ0n) is 38.9. The van der Waals surface area contributed by atoms with Crippen molar-refractivity contribution in [3.05, 3.63) is 179 Å². The number of thioether (sulfide) groups is 1. The molecule has 5 heteroatoms. The summed E-state index contributed by atoms with van der Waals surface area (Å²) in [5.74, 6) is 0.512. The second-order valence-corrected chi connectivity index (χ2v) is 22.6. The van der Waals surface area contributed by atoms with E-state index in [0.29, 0.717) is 12.0 Å². The fourth-order valence-corrected chi connectivity index (χ4v) is 14.4. The van der Waals surface area contributed by atoms with E-state index in [1.165, 1.54) is 111 Å². The van der Waals surface area contributed by atoms with E-state index in [-0.39, 0.29) is 28.8 Å². The van der Waals surface area contributed by atoms with Gasteiger partial charge in [0, 0.05) is 61.3 Å². The highest BCUT2D eigenvalue weighted by Gasteiger charge is 2.49. The molecule has 4 unspecified atom stereocenters. The maximum Gasteiger partial charge on any atom is 0.252 e. The summed E-state index contributed by atoms with van der Waals surface area (Å²) in [5.41, 5.74) is 24.6. The van der Waals surface area contributed by atoms with Gasteiger partial charge in [-0.25, -0.2) is 0 Å². The van der Waals surface area contributed by atoms with Crippen LogP contribution in [0.5, 0.6) is 0 Å². The predicted molar refractivity (Wildman–Crippen MR) is 279 cm³/mol. The molecule has 3 aliphatic carbocycles. The molecule has 3 aliphatic heterocycles. The predicted octanol–water partition coefficient (Wildman–Crippen LogP) is 13.1. The first-order valence-electron chi connectivity index (χ1n) is 24.0. The van der Waals surface area contributed by atoms with Gasteiger partial charge in [-0.1, -0.05) is 151 Å². The first kappa shape index (κ1) is 39.5. The van der Waals surface area contributed by atoms with E-state index in [4.69, 9.17) is 0 Å². The molecule has 0 radical (unpaired) electrons. The molecule has 0 fully saturated rings. The molecule has 65 heavy (non-hydrogen) atoms. The number of aromatic nitrogens is 1. The summed E-state index contributed by atoms with van der Waals surface area (Å²) in [6.45, 7) is 19.0. The Balaban J connectivity index is 1.08. The van der Waals surface area contributed by atoms with Crippen LogP contribution in [0.15, 0.2) is 151 Å². The van der Waals surface area contributed by atoms with Gasteiger partial charge in [-0.15, -0.1) is 11.8 Å². The molecule has 0 amide bonds. The van der Waals surface area contributed by atoms with Gasteiger partial charge in [-0.05, 0) is 130 Å². The minimum atomic E-state index is -0.124. The highest BCUT2D eigenvalue weighted by atomic mass is 32.2. The van der Waals surface area contributed by atoms with E-state index < -0.39 is 0 Å². The quantitative estimate of drug-likeness (QED) is 0.129. The number of rotatable bonds is 4. The highest BCUT2D eigenvalue weighted by Crippen LogP contribution is 2.56. The third-order valence-corrected chi connectivity index (χ3v) is 17.5. The fraction of sp³-hybridized carbons (Fsp3) is 0.267. The maximum absolute atomic E-state index is 2.80. The van der Waals surface area contributed by atoms with Crippen LogP contribution in [-0.4, -0.2) is 28.6 Å². The molecule has 0 spiro atoms. The Morgan fingerprint density at radius 3 is 2.40 bits per heavy atom. The van der Waals surface area contributed by atoms with Crippen molar-refractivity contribution in [3.8, 4) is 16.9 Å². The van der Waals surface area contributed by atoms with Gasteiger partial charge in [0.25, 0.3) is 6.71 Å². The standard InChI is InChI=1S/C60H56BN3S/c1-35-31-51-55-52(32-35)64-56-43(54-57(64)42-19-11-12-22-44(42)60(54,7)8)21-15-23-46(56)61(55)45-30-28-39(62(47-24-13-9-17-36(47)2)48-25-14-10-18-37(48)3)34-50(45)63(51)49-26-16-20-41-40-29-27-38(59(4,5)6)33-53(40)65-58(41)49/h9-17,19-24,26-34,37,48-49,58H,18,25H2,1-8H3. The summed E-state index contributed by atoms with van der Waals surface area (Å²) < 4.78 is 2.70. The van der Waals surface area contributed by atoms with Crippen LogP contribution < -0.4 is 26.2 Å². The van der Waals surface area contributed by atoms with Crippen LogP contribution in [0.1, 0.15) is 87.8 Å². The van der Waals surface area contributed by atoms with Crippen molar-refractivity contribution in [2.45, 2.75) is 101 Å². The molecule has 1 aromatic heterocycles. The van der Waals surface area contributed by atoms with E-state index in [9.17, 15) is 0 Å². The molecule has 4 atom stereocenters. The summed E-state index contributed by atoms with van der Waals surface area (Å²) in [7, 11) is 0. The minimum Gasteiger partial charge on any atom is -0.337 e. The number of allylic oxidation sites excluding steroid dienone is 3. The monoisotopic (exact) mass is 861 g/mol. The molecule has 0 saturated carbocycles. The Hall–Kier alpha value is -5.91. The average molecular weight is 862 g/mol. The lowest BCUT2D eigenvalue weighted by Gasteiger charge is -2.46. The number of fused-ring (bicyclic) bond motifs is 12. The fourth-order valence-electron chi connectivity index (χ4n) is 12.9. The zero-order chi connectivity index (χ0) is 44.3. The van der Waals surface area contributed by atoms with Gasteiger partial charge in [-0.2, -0.15) is 0 Å². The van der Waals surface area contributed by atoms with Gasteiger partial charge >= 0.3 is 0 Å². The third-order valence-electron chi connectivity index (χ3n) is 16.1. The highest BCUT2D eigenvalue weighted by molar-refractivity contribution is 8.01. The molecule has 4 heterocycles. The molecule has 3 nitrogen and oxygen atoms in total.